The van der Waals surface area contributed by atoms with Crippen molar-refractivity contribution >= 4 is 5.91 Å². The molecule has 0 aliphatic heterocycles. The molecule has 1 atom stereocenters. The lowest BCUT2D eigenvalue weighted by atomic mass is 10.2. The van der Waals surface area contributed by atoms with E-state index in [9.17, 15) is 4.79 Å². The summed E-state index contributed by atoms with van der Waals surface area (Å²) < 4.78 is 10.7. The molecule has 0 fully saturated rings. The Kier molecular flexibility index (Phi) is 5.65. The van der Waals surface area contributed by atoms with Gasteiger partial charge in [0.05, 0.1) is 6.61 Å². The quantitative estimate of drug-likeness (QED) is 0.840. The Labute approximate surface area is 108 Å². The normalized spacial score (nSPS) is 12.3. The Morgan fingerprint density at radius 3 is 2.56 bits per heavy atom. The number of carbonyl (C=O) groups is 1. The Morgan fingerprint density at radius 2 is 2.00 bits per heavy atom. The molecule has 4 nitrogen and oxygen atoms in total. The van der Waals surface area contributed by atoms with Gasteiger partial charge < -0.3 is 14.8 Å². The number of hydrogen-bond donors (Lipinski definition) is 1. The molecule has 0 aliphatic carbocycles. The van der Waals surface area contributed by atoms with Gasteiger partial charge in [0, 0.05) is 13.2 Å². The fourth-order valence-electron chi connectivity index (χ4n) is 1.53. The predicted molar refractivity (Wildman–Crippen MR) is 70.7 cm³/mol. The average molecular weight is 251 g/mol. The van der Waals surface area contributed by atoms with Crippen molar-refractivity contribution in [2.24, 2.45) is 0 Å². The molecule has 1 aromatic carbocycles. The van der Waals surface area contributed by atoms with Gasteiger partial charge in [-0.3, -0.25) is 4.79 Å². The minimum Gasteiger partial charge on any atom is -0.478 e. The first kappa shape index (κ1) is 14.5. The number of rotatable bonds is 6. The van der Waals surface area contributed by atoms with Crippen LogP contribution < -0.4 is 10.1 Å². The molecule has 0 aromatic heterocycles. The molecule has 1 N–H and O–H groups in total. The van der Waals surface area contributed by atoms with Crippen LogP contribution in [0.2, 0.25) is 0 Å². The van der Waals surface area contributed by atoms with Crippen molar-refractivity contribution in [3.8, 4) is 5.75 Å². The van der Waals surface area contributed by atoms with E-state index in [1.807, 2.05) is 45.0 Å². The molecule has 0 aliphatic rings. The molecule has 0 radical (unpaired) electrons. The smallest absolute Gasteiger partial charge is 0.263 e. The minimum absolute atomic E-state index is 0.0809. The zero-order valence-corrected chi connectivity index (χ0v) is 11.4. The Balaban J connectivity index is 2.74. The minimum atomic E-state index is -0.626. The Bertz CT molecular complexity index is 390. The van der Waals surface area contributed by atoms with Crippen LogP contribution in [0.25, 0.3) is 0 Å². The number of aryl methyl sites for hydroxylation is 1. The maximum Gasteiger partial charge on any atom is 0.263 e. The summed E-state index contributed by atoms with van der Waals surface area (Å²) >= 11 is 0. The van der Waals surface area contributed by atoms with Crippen LogP contribution in [-0.2, 0) is 9.53 Å². The first-order valence-corrected chi connectivity index (χ1v) is 6.06. The average Bonchev–Trinajstić information content (AvgIpc) is 2.30. The van der Waals surface area contributed by atoms with Crippen molar-refractivity contribution in [3.05, 3.63) is 29.8 Å². The molecule has 18 heavy (non-hydrogen) atoms. The largest absolute Gasteiger partial charge is 0.478 e. The third-order valence-electron chi connectivity index (χ3n) is 2.40. The highest BCUT2D eigenvalue weighted by Crippen LogP contribution is 2.18. The zero-order chi connectivity index (χ0) is 13.5. The number of hydrogen-bond acceptors (Lipinski definition) is 3. The van der Waals surface area contributed by atoms with E-state index in [2.05, 4.69) is 5.32 Å². The number of benzene rings is 1. The summed E-state index contributed by atoms with van der Waals surface area (Å²) in [5.41, 5.74) is 0.996. The van der Waals surface area contributed by atoms with Crippen molar-refractivity contribution in [2.75, 3.05) is 13.7 Å². The van der Waals surface area contributed by atoms with E-state index in [1.54, 1.807) is 7.11 Å². The van der Waals surface area contributed by atoms with E-state index in [1.165, 1.54) is 0 Å². The summed E-state index contributed by atoms with van der Waals surface area (Å²) in [6, 6.07) is 7.69. The maximum absolute atomic E-state index is 11.9. The Hall–Kier alpha value is -1.55. The summed E-state index contributed by atoms with van der Waals surface area (Å²) in [7, 11) is 1.55. The van der Waals surface area contributed by atoms with Crippen LogP contribution in [0.15, 0.2) is 24.3 Å². The van der Waals surface area contributed by atoms with Crippen molar-refractivity contribution in [3.63, 3.8) is 0 Å². The van der Waals surface area contributed by atoms with Gasteiger partial charge in [-0.2, -0.15) is 0 Å². The second kappa shape index (κ2) is 7.01. The maximum atomic E-state index is 11.9. The lowest BCUT2D eigenvalue weighted by Crippen LogP contribution is -2.44. The highest BCUT2D eigenvalue weighted by atomic mass is 16.5. The van der Waals surface area contributed by atoms with E-state index in [4.69, 9.17) is 9.47 Å². The van der Waals surface area contributed by atoms with Crippen molar-refractivity contribution in [1.82, 2.24) is 5.32 Å². The van der Waals surface area contributed by atoms with E-state index in [-0.39, 0.29) is 18.6 Å². The van der Waals surface area contributed by atoms with Crippen LogP contribution in [-0.4, -0.2) is 31.8 Å². The fraction of sp³-hybridized carbons (Fsp3) is 0.500. The molecule has 0 spiro atoms. The molecule has 1 unspecified atom stereocenters. The fourth-order valence-corrected chi connectivity index (χ4v) is 1.53. The van der Waals surface area contributed by atoms with Gasteiger partial charge in [0.25, 0.3) is 5.91 Å². The van der Waals surface area contributed by atoms with Gasteiger partial charge >= 0.3 is 0 Å². The molecule has 0 heterocycles. The number of ether oxygens (including phenoxy) is 2. The van der Waals surface area contributed by atoms with Crippen LogP contribution in [0.1, 0.15) is 19.4 Å². The van der Waals surface area contributed by atoms with Crippen molar-refractivity contribution in [1.29, 1.82) is 0 Å². The molecule has 1 amide bonds. The van der Waals surface area contributed by atoms with Crippen LogP contribution in [0.3, 0.4) is 0 Å². The molecule has 0 saturated carbocycles. The predicted octanol–water partition coefficient (Wildman–Crippen LogP) is 1.91. The van der Waals surface area contributed by atoms with Gasteiger partial charge in [0.1, 0.15) is 5.75 Å². The monoisotopic (exact) mass is 251 g/mol. The molecule has 1 rings (SSSR count). The Morgan fingerprint density at radius 1 is 1.33 bits per heavy atom. The first-order valence-electron chi connectivity index (χ1n) is 6.06. The van der Waals surface area contributed by atoms with Gasteiger partial charge in [0.15, 0.2) is 6.10 Å². The second-order valence-electron chi connectivity index (χ2n) is 4.49. The third-order valence-corrected chi connectivity index (χ3v) is 2.40. The first-order chi connectivity index (χ1) is 8.54. The highest BCUT2D eigenvalue weighted by molar-refractivity contribution is 5.81. The molecule has 100 valence electrons. The molecule has 1 aromatic rings. The molecule has 0 bridgehead atoms. The van der Waals surface area contributed by atoms with Crippen LogP contribution in [0.5, 0.6) is 5.75 Å². The summed E-state index contributed by atoms with van der Waals surface area (Å²) in [4.78, 5) is 11.9. The topological polar surface area (TPSA) is 47.6 Å². The van der Waals surface area contributed by atoms with E-state index < -0.39 is 6.10 Å². The zero-order valence-electron chi connectivity index (χ0n) is 11.4. The van der Waals surface area contributed by atoms with E-state index in [0.717, 1.165) is 5.56 Å². The van der Waals surface area contributed by atoms with Gasteiger partial charge in [-0.1, -0.05) is 18.2 Å². The lowest BCUT2D eigenvalue weighted by molar-refractivity contribution is -0.130. The lowest BCUT2D eigenvalue weighted by Gasteiger charge is -2.20. The summed E-state index contributed by atoms with van der Waals surface area (Å²) in [6.07, 6.45) is -0.626. The summed E-state index contributed by atoms with van der Waals surface area (Å²) in [5.74, 6) is 0.550. The van der Waals surface area contributed by atoms with Gasteiger partial charge in [-0.05, 0) is 32.4 Å². The molecular formula is C14H21NO3. The van der Waals surface area contributed by atoms with Crippen LogP contribution >= 0.6 is 0 Å². The number of amides is 1. The molecule has 4 heteroatoms. The molecular weight excluding hydrogens is 230 g/mol. The van der Waals surface area contributed by atoms with Crippen molar-refractivity contribution in [2.45, 2.75) is 32.9 Å². The molecule has 0 saturated heterocycles. The second-order valence-corrected chi connectivity index (χ2v) is 4.49. The number of methoxy groups -OCH3 is 1. The van der Waals surface area contributed by atoms with Crippen LogP contribution in [0, 0.1) is 6.92 Å². The third kappa shape index (κ3) is 4.37. The van der Waals surface area contributed by atoms with Gasteiger partial charge in [-0.25, -0.2) is 0 Å². The number of carbonyl (C=O) groups excluding carboxylic acids is 1. The van der Waals surface area contributed by atoms with E-state index in [0.29, 0.717) is 5.75 Å². The highest BCUT2D eigenvalue weighted by Gasteiger charge is 2.21. The van der Waals surface area contributed by atoms with Crippen molar-refractivity contribution < 1.29 is 14.3 Å². The van der Waals surface area contributed by atoms with Gasteiger partial charge in [-0.15, -0.1) is 0 Å². The summed E-state index contributed by atoms with van der Waals surface area (Å²) in [5, 5.41) is 2.82. The van der Waals surface area contributed by atoms with Gasteiger partial charge in [0.2, 0.25) is 0 Å². The van der Waals surface area contributed by atoms with Crippen LogP contribution in [0.4, 0.5) is 0 Å². The number of nitrogens with one attached hydrogen (secondary N) is 1. The van der Waals surface area contributed by atoms with E-state index >= 15 is 0 Å². The standard InChI is InChI=1S/C14H21NO3/c1-10(2)15-14(16)13(9-17-4)18-12-8-6-5-7-11(12)3/h5-8,10,13H,9H2,1-4H3,(H,15,16). The SMILES string of the molecule is COCC(Oc1ccccc1C)C(=O)NC(C)C. The number of para-hydroxylation sites is 1. The summed E-state index contributed by atoms with van der Waals surface area (Å²) in [6.45, 7) is 6.00.